The molecule has 1 aliphatic rings. The second kappa shape index (κ2) is 5.82. The lowest BCUT2D eigenvalue weighted by Crippen LogP contribution is -2.51. The van der Waals surface area contributed by atoms with E-state index in [0.29, 0.717) is 12.5 Å². The van der Waals surface area contributed by atoms with Crippen molar-refractivity contribution in [3.8, 4) is 0 Å². The van der Waals surface area contributed by atoms with Crippen LogP contribution in [-0.2, 0) is 11.2 Å². The van der Waals surface area contributed by atoms with Crippen LogP contribution in [0.4, 0.5) is 0 Å². The number of rotatable bonds is 3. The first kappa shape index (κ1) is 12.1. The molecule has 0 unspecified atom stereocenters. The summed E-state index contributed by atoms with van der Waals surface area (Å²) in [6, 6.07) is 10.6. The Kier molecular flexibility index (Phi) is 4.15. The lowest BCUT2D eigenvalue weighted by molar-refractivity contribution is -0.132. The zero-order valence-corrected chi connectivity index (χ0v) is 10.4. The largest absolute Gasteiger partial charge is 0.340 e. The number of hydrogen-bond donors (Lipinski definition) is 1. The van der Waals surface area contributed by atoms with Crippen molar-refractivity contribution < 1.29 is 4.79 Å². The van der Waals surface area contributed by atoms with Crippen molar-refractivity contribution in [1.82, 2.24) is 10.2 Å². The lowest BCUT2D eigenvalue weighted by Gasteiger charge is -2.32. The van der Waals surface area contributed by atoms with Crippen molar-refractivity contribution in [2.24, 2.45) is 0 Å². The molecular weight excluding hydrogens is 212 g/mol. The Labute approximate surface area is 103 Å². The van der Waals surface area contributed by atoms with Crippen LogP contribution < -0.4 is 5.32 Å². The summed E-state index contributed by atoms with van der Waals surface area (Å²) in [7, 11) is 0. The maximum absolute atomic E-state index is 12.0. The molecule has 1 N–H and O–H groups in total. The molecule has 0 bridgehead atoms. The van der Waals surface area contributed by atoms with Crippen molar-refractivity contribution in [2.75, 3.05) is 19.6 Å². The van der Waals surface area contributed by atoms with Gasteiger partial charge in [0.05, 0.1) is 0 Å². The van der Waals surface area contributed by atoms with Gasteiger partial charge < -0.3 is 10.2 Å². The number of carbonyl (C=O) groups is 1. The van der Waals surface area contributed by atoms with Crippen molar-refractivity contribution in [1.29, 1.82) is 0 Å². The van der Waals surface area contributed by atoms with E-state index >= 15 is 0 Å². The van der Waals surface area contributed by atoms with Gasteiger partial charge in [-0.2, -0.15) is 0 Å². The number of aryl methyl sites for hydroxylation is 1. The van der Waals surface area contributed by atoms with Gasteiger partial charge in [-0.3, -0.25) is 4.79 Å². The number of amides is 1. The zero-order valence-electron chi connectivity index (χ0n) is 10.4. The molecule has 92 valence electrons. The summed E-state index contributed by atoms with van der Waals surface area (Å²) in [5, 5.41) is 3.35. The summed E-state index contributed by atoms with van der Waals surface area (Å²) in [6.07, 6.45) is 1.47. The fourth-order valence-corrected chi connectivity index (χ4v) is 2.21. The first-order chi connectivity index (χ1) is 8.25. The molecule has 0 aliphatic carbocycles. The van der Waals surface area contributed by atoms with E-state index in [1.165, 1.54) is 5.56 Å². The van der Waals surface area contributed by atoms with Gasteiger partial charge in [0.15, 0.2) is 0 Å². The molecule has 0 aromatic heterocycles. The second-order valence-electron chi connectivity index (χ2n) is 4.68. The van der Waals surface area contributed by atoms with Crippen LogP contribution in [0.1, 0.15) is 18.9 Å². The minimum absolute atomic E-state index is 0.280. The minimum Gasteiger partial charge on any atom is -0.340 e. The van der Waals surface area contributed by atoms with Crippen LogP contribution in [0.5, 0.6) is 0 Å². The number of benzene rings is 1. The summed E-state index contributed by atoms with van der Waals surface area (Å²) in [6.45, 7) is 4.72. The quantitative estimate of drug-likeness (QED) is 0.855. The Morgan fingerprint density at radius 1 is 1.41 bits per heavy atom. The van der Waals surface area contributed by atoms with E-state index in [9.17, 15) is 4.79 Å². The molecule has 1 aromatic carbocycles. The SMILES string of the molecule is C[C@@H]1CN(C(=O)CCc2ccccc2)CCN1. The monoisotopic (exact) mass is 232 g/mol. The van der Waals surface area contributed by atoms with Crippen molar-refractivity contribution in [3.63, 3.8) is 0 Å². The molecule has 3 heteroatoms. The maximum Gasteiger partial charge on any atom is 0.222 e. The van der Waals surface area contributed by atoms with E-state index in [1.807, 2.05) is 23.1 Å². The van der Waals surface area contributed by atoms with Crippen LogP contribution in [0.15, 0.2) is 30.3 Å². The Morgan fingerprint density at radius 3 is 2.88 bits per heavy atom. The molecule has 1 amide bonds. The molecule has 0 saturated carbocycles. The van der Waals surface area contributed by atoms with Gasteiger partial charge >= 0.3 is 0 Å². The zero-order chi connectivity index (χ0) is 12.1. The van der Waals surface area contributed by atoms with Crippen LogP contribution in [0.3, 0.4) is 0 Å². The molecule has 1 fully saturated rings. The standard InChI is InChI=1S/C14H20N2O/c1-12-11-16(10-9-15-12)14(17)8-7-13-5-3-2-4-6-13/h2-6,12,15H,7-11H2,1H3/t12-/m1/s1. The third-order valence-corrected chi connectivity index (χ3v) is 3.19. The average Bonchev–Trinajstić information content (AvgIpc) is 2.37. The van der Waals surface area contributed by atoms with Gasteiger partial charge in [0, 0.05) is 32.1 Å². The van der Waals surface area contributed by atoms with Crippen LogP contribution in [0, 0.1) is 0 Å². The molecule has 1 saturated heterocycles. The van der Waals surface area contributed by atoms with Gasteiger partial charge in [0.25, 0.3) is 0 Å². The number of nitrogens with zero attached hydrogens (tertiary/aromatic N) is 1. The molecule has 3 nitrogen and oxygen atoms in total. The fourth-order valence-electron chi connectivity index (χ4n) is 2.21. The summed E-state index contributed by atoms with van der Waals surface area (Å²) in [5.41, 5.74) is 1.24. The van der Waals surface area contributed by atoms with Crippen molar-refractivity contribution >= 4 is 5.91 Å². The number of carbonyl (C=O) groups excluding carboxylic acids is 1. The molecular formula is C14H20N2O. The van der Waals surface area contributed by atoms with Gasteiger partial charge in [-0.1, -0.05) is 30.3 Å². The van der Waals surface area contributed by atoms with E-state index in [1.54, 1.807) is 0 Å². The lowest BCUT2D eigenvalue weighted by atomic mass is 10.1. The smallest absolute Gasteiger partial charge is 0.222 e. The fraction of sp³-hybridized carbons (Fsp3) is 0.500. The third kappa shape index (κ3) is 3.56. The predicted octanol–water partition coefficient (Wildman–Crippen LogP) is 1.44. The van der Waals surface area contributed by atoms with Gasteiger partial charge in [-0.25, -0.2) is 0 Å². The number of hydrogen-bond acceptors (Lipinski definition) is 2. The van der Waals surface area contributed by atoms with Gasteiger partial charge in [0.2, 0.25) is 5.91 Å². The van der Waals surface area contributed by atoms with E-state index < -0.39 is 0 Å². The highest BCUT2D eigenvalue weighted by atomic mass is 16.2. The second-order valence-corrected chi connectivity index (χ2v) is 4.68. The van der Waals surface area contributed by atoms with E-state index in [2.05, 4.69) is 24.4 Å². The molecule has 2 rings (SSSR count). The third-order valence-electron chi connectivity index (χ3n) is 3.19. The molecule has 1 atom stereocenters. The number of nitrogens with one attached hydrogen (secondary N) is 1. The van der Waals surface area contributed by atoms with Crippen LogP contribution in [0.25, 0.3) is 0 Å². The molecule has 1 aliphatic heterocycles. The van der Waals surface area contributed by atoms with E-state index in [4.69, 9.17) is 0 Å². The highest BCUT2D eigenvalue weighted by Gasteiger charge is 2.19. The van der Waals surface area contributed by atoms with Crippen molar-refractivity contribution in [2.45, 2.75) is 25.8 Å². The first-order valence-corrected chi connectivity index (χ1v) is 6.31. The highest BCUT2D eigenvalue weighted by Crippen LogP contribution is 2.06. The normalized spacial score (nSPS) is 20.3. The molecule has 17 heavy (non-hydrogen) atoms. The molecule has 0 radical (unpaired) electrons. The van der Waals surface area contributed by atoms with Crippen molar-refractivity contribution in [3.05, 3.63) is 35.9 Å². The van der Waals surface area contributed by atoms with Crippen LogP contribution in [-0.4, -0.2) is 36.5 Å². The van der Waals surface area contributed by atoms with E-state index in [-0.39, 0.29) is 5.91 Å². The van der Waals surface area contributed by atoms with Gasteiger partial charge in [0.1, 0.15) is 0 Å². The van der Waals surface area contributed by atoms with E-state index in [0.717, 1.165) is 26.1 Å². The number of piperazine rings is 1. The first-order valence-electron chi connectivity index (χ1n) is 6.31. The summed E-state index contributed by atoms with van der Waals surface area (Å²) >= 11 is 0. The minimum atomic E-state index is 0.280. The average molecular weight is 232 g/mol. The Morgan fingerprint density at radius 2 is 2.18 bits per heavy atom. The summed E-state index contributed by atoms with van der Waals surface area (Å²) in [4.78, 5) is 14.0. The molecule has 1 heterocycles. The predicted molar refractivity (Wildman–Crippen MR) is 68.8 cm³/mol. The Bertz CT molecular complexity index is 364. The van der Waals surface area contributed by atoms with Gasteiger partial charge in [-0.05, 0) is 18.9 Å². The molecule has 1 aromatic rings. The summed E-state index contributed by atoms with van der Waals surface area (Å²) in [5.74, 6) is 0.280. The topological polar surface area (TPSA) is 32.3 Å². The van der Waals surface area contributed by atoms with Gasteiger partial charge in [-0.15, -0.1) is 0 Å². The Hall–Kier alpha value is -1.35. The Balaban J connectivity index is 1.81. The van der Waals surface area contributed by atoms with Crippen LogP contribution >= 0.6 is 0 Å². The molecule has 0 spiro atoms. The summed E-state index contributed by atoms with van der Waals surface area (Å²) < 4.78 is 0. The highest BCUT2D eigenvalue weighted by molar-refractivity contribution is 5.76. The van der Waals surface area contributed by atoms with Crippen LogP contribution in [0.2, 0.25) is 0 Å². The maximum atomic E-state index is 12.0.